The van der Waals surface area contributed by atoms with Gasteiger partial charge in [0.15, 0.2) is 0 Å². The molecule has 1 unspecified atom stereocenters. The van der Waals surface area contributed by atoms with E-state index in [0.29, 0.717) is 24.5 Å². The van der Waals surface area contributed by atoms with E-state index in [1.165, 1.54) is 0 Å². The second-order valence-corrected chi connectivity index (χ2v) is 6.16. The average molecular weight is 364 g/mol. The Bertz CT molecular complexity index is 925. The lowest BCUT2D eigenvalue weighted by Crippen LogP contribution is -2.14. The molecule has 0 spiro atoms. The Hall–Kier alpha value is -3.08. The van der Waals surface area contributed by atoms with Crippen molar-refractivity contribution in [2.45, 2.75) is 26.8 Å². The molecule has 0 amide bonds. The minimum absolute atomic E-state index is 0.000672. The first-order valence-electron chi connectivity index (χ1n) is 9.18. The van der Waals surface area contributed by atoms with Gasteiger partial charge in [0, 0.05) is 17.6 Å². The van der Waals surface area contributed by atoms with Gasteiger partial charge >= 0.3 is 5.97 Å². The van der Waals surface area contributed by atoms with Crippen molar-refractivity contribution in [3.63, 3.8) is 0 Å². The van der Waals surface area contributed by atoms with Gasteiger partial charge in [0.2, 0.25) is 0 Å². The van der Waals surface area contributed by atoms with E-state index in [2.05, 4.69) is 29.4 Å². The van der Waals surface area contributed by atoms with E-state index in [4.69, 9.17) is 9.47 Å². The van der Waals surface area contributed by atoms with Gasteiger partial charge in [-0.05, 0) is 44.5 Å². The lowest BCUT2D eigenvalue weighted by Gasteiger charge is -2.20. The molecule has 0 radical (unpaired) electrons. The molecule has 0 bridgehead atoms. The van der Waals surface area contributed by atoms with Gasteiger partial charge in [0.1, 0.15) is 11.3 Å². The zero-order valence-corrected chi connectivity index (χ0v) is 15.9. The lowest BCUT2D eigenvalue weighted by molar-refractivity contribution is 0.0527. The average Bonchev–Trinajstić information content (AvgIpc) is 2.69. The van der Waals surface area contributed by atoms with Crippen molar-refractivity contribution >= 4 is 22.6 Å². The van der Waals surface area contributed by atoms with Gasteiger partial charge < -0.3 is 14.8 Å². The van der Waals surface area contributed by atoms with Crippen LogP contribution in [0.25, 0.3) is 10.9 Å². The number of carbonyl (C=O) groups is 1. The number of nitrogens with one attached hydrogen (secondary N) is 1. The molecule has 0 aliphatic rings. The number of hydrogen-bond donors (Lipinski definition) is 1. The van der Waals surface area contributed by atoms with Gasteiger partial charge in [-0.1, -0.05) is 30.3 Å². The Morgan fingerprint density at radius 3 is 2.59 bits per heavy atom. The van der Waals surface area contributed by atoms with E-state index in [9.17, 15) is 4.79 Å². The number of ether oxygens (including phenoxy) is 2. The molecule has 1 heterocycles. The number of hydrogen-bond acceptors (Lipinski definition) is 5. The van der Waals surface area contributed by atoms with E-state index in [-0.39, 0.29) is 6.04 Å². The standard InChI is InChI=1S/C22H24N2O3/c1-4-26-17-11-12-20-18(13-17)21(19(14-23-20)22(25)27-5-2)24-15(3)16-9-7-6-8-10-16/h6-15H,4-5H2,1-3H3,(H,23,24). The normalized spacial score (nSPS) is 11.8. The maximum Gasteiger partial charge on any atom is 0.341 e. The highest BCUT2D eigenvalue weighted by Gasteiger charge is 2.19. The number of rotatable bonds is 7. The zero-order chi connectivity index (χ0) is 19.2. The zero-order valence-electron chi connectivity index (χ0n) is 15.9. The monoisotopic (exact) mass is 364 g/mol. The van der Waals surface area contributed by atoms with Crippen LogP contribution in [0.5, 0.6) is 5.75 Å². The number of carbonyl (C=O) groups excluding carboxylic acids is 1. The Morgan fingerprint density at radius 1 is 1.11 bits per heavy atom. The molecule has 5 nitrogen and oxygen atoms in total. The largest absolute Gasteiger partial charge is 0.494 e. The van der Waals surface area contributed by atoms with Gasteiger partial charge in [-0.25, -0.2) is 4.79 Å². The third-order valence-electron chi connectivity index (χ3n) is 4.31. The van der Waals surface area contributed by atoms with Crippen molar-refractivity contribution in [1.82, 2.24) is 4.98 Å². The SMILES string of the molecule is CCOC(=O)c1cnc2ccc(OCC)cc2c1NC(C)c1ccccc1. The molecule has 1 atom stereocenters. The van der Waals surface area contributed by atoms with Crippen LogP contribution in [0, 0.1) is 0 Å². The van der Waals surface area contributed by atoms with Crippen molar-refractivity contribution in [2.75, 3.05) is 18.5 Å². The molecule has 3 aromatic rings. The van der Waals surface area contributed by atoms with Gasteiger partial charge in [-0.2, -0.15) is 0 Å². The van der Waals surface area contributed by atoms with Crippen LogP contribution < -0.4 is 10.1 Å². The predicted molar refractivity (Wildman–Crippen MR) is 107 cm³/mol. The fourth-order valence-electron chi connectivity index (χ4n) is 2.99. The van der Waals surface area contributed by atoms with Crippen LogP contribution in [-0.4, -0.2) is 24.2 Å². The van der Waals surface area contributed by atoms with E-state index in [1.807, 2.05) is 43.3 Å². The van der Waals surface area contributed by atoms with Gasteiger partial charge in [-0.15, -0.1) is 0 Å². The molecular formula is C22H24N2O3. The second kappa shape index (κ2) is 8.54. The predicted octanol–water partition coefficient (Wildman–Crippen LogP) is 4.98. The number of fused-ring (bicyclic) bond motifs is 1. The molecule has 0 aliphatic carbocycles. The molecule has 0 saturated carbocycles. The van der Waals surface area contributed by atoms with Gasteiger partial charge in [0.25, 0.3) is 0 Å². The van der Waals surface area contributed by atoms with Crippen LogP contribution in [0.1, 0.15) is 42.7 Å². The molecular weight excluding hydrogens is 340 g/mol. The molecule has 1 N–H and O–H groups in total. The first kappa shape index (κ1) is 18.7. The van der Waals surface area contributed by atoms with E-state index in [0.717, 1.165) is 22.2 Å². The third-order valence-corrected chi connectivity index (χ3v) is 4.31. The van der Waals surface area contributed by atoms with Gasteiger partial charge in [-0.3, -0.25) is 4.98 Å². The van der Waals surface area contributed by atoms with E-state index < -0.39 is 5.97 Å². The number of pyridine rings is 1. The topological polar surface area (TPSA) is 60.5 Å². The molecule has 27 heavy (non-hydrogen) atoms. The molecule has 1 aromatic heterocycles. The highest BCUT2D eigenvalue weighted by Crippen LogP contribution is 2.32. The Kier molecular flexibility index (Phi) is 5.91. The summed E-state index contributed by atoms with van der Waals surface area (Å²) in [5.74, 6) is 0.347. The number of aromatic nitrogens is 1. The minimum Gasteiger partial charge on any atom is -0.494 e. The number of esters is 1. The van der Waals surface area contributed by atoms with Crippen LogP contribution in [0.3, 0.4) is 0 Å². The highest BCUT2D eigenvalue weighted by molar-refractivity contribution is 6.05. The van der Waals surface area contributed by atoms with Gasteiger partial charge in [0.05, 0.1) is 24.4 Å². The maximum atomic E-state index is 12.5. The summed E-state index contributed by atoms with van der Waals surface area (Å²) in [4.78, 5) is 16.9. The fraction of sp³-hybridized carbons (Fsp3) is 0.273. The Morgan fingerprint density at radius 2 is 1.89 bits per heavy atom. The summed E-state index contributed by atoms with van der Waals surface area (Å²) in [6.07, 6.45) is 1.57. The maximum absolute atomic E-state index is 12.5. The number of benzene rings is 2. The van der Waals surface area contributed by atoms with Crippen molar-refractivity contribution in [2.24, 2.45) is 0 Å². The van der Waals surface area contributed by atoms with Crippen molar-refractivity contribution in [3.8, 4) is 5.75 Å². The quantitative estimate of drug-likeness (QED) is 0.599. The summed E-state index contributed by atoms with van der Waals surface area (Å²) in [5, 5.41) is 4.31. The Balaban J connectivity index is 2.10. The Labute approximate surface area is 159 Å². The smallest absolute Gasteiger partial charge is 0.341 e. The summed E-state index contributed by atoms with van der Waals surface area (Å²) >= 11 is 0. The molecule has 0 saturated heterocycles. The summed E-state index contributed by atoms with van der Waals surface area (Å²) < 4.78 is 10.9. The molecule has 3 rings (SSSR count). The van der Waals surface area contributed by atoms with Crippen LogP contribution in [0.15, 0.2) is 54.7 Å². The van der Waals surface area contributed by atoms with Crippen LogP contribution in [0.4, 0.5) is 5.69 Å². The molecule has 0 fully saturated rings. The van der Waals surface area contributed by atoms with Crippen LogP contribution in [0.2, 0.25) is 0 Å². The summed E-state index contributed by atoms with van der Waals surface area (Å²) in [5.41, 5.74) is 3.03. The first-order valence-corrected chi connectivity index (χ1v) is 9.18. The molecule has 2 aromatic carbocycles. The number of anilines is 1. The highest BCUT2D eigenvalue weighted by atomic mass is 16.5. The lowest BCUT2D eigenvalue weighted by atomic mass is 10.0. The van der Waals surface area contributed by atoms with Crippen molar-refractivity contribution < 1.29 is 14.3 Å². The molecule has 5 heteroatoms. The fourth-order valence-corrected chi connectivity index (χ4v) is 2.99. The number of nitrogens with zero attached hydrogens (tertiary/aromatic N) is 1. The third kappa shape index (κ3) is 4.19. The van der Waals surface area contributed by atoms with Crippen molar-refractivity contribution in [1.29, 1.82) is 0 Å². The second-order valence-electron chi connectivity index (χ2n) is 6.16. The molecule has 140 valence electrons. The van der Waals surface area contributed by atoms with Crippen LogP contribution in [-0.2, 0) is 4.74 Å². The van der Waals surface area contributed by atoms with Crippen molar-refractivity contribution in [3.05, 3.63) is 65.9 Å². The summed E-state index contributed by atoms with van der Waals surface area (Å²) in [6, 6.07) is 15.8. The van der Waals surface area contributed by atoms with E-state index >= 15 is 0 Å². The van der Waals surface area contributed by atoms with E-state index in [1.54, 1.807) is 13.1 Å². The first-order chi connectivity index (χ1) is 13.1. The molecule has 0 aliphatic heterocycles. The summed E-state index contributed by atoms with van der Waals surface area (Å²) in [6.45, 7) is 6.67. The van der Waals surface area contributed by atoms with Crippen LogP contribution >= 0.6 is 0 Å². The summed E-state index contributed by atoms with van der Waals surface area (Å²) in [7, 11) is 0. The minimum atomic E-state index is -0.392.